The summed E-state index contributed by atoms with van der Waals surface area (Å²) in [5.74, 6) is 1.29. The van der Waals surface area contributed by atoms with Gasteiger partial charge in [-0.1, -0.05) is 36.3 Å². The standard InChI is InChI=1S/C27H35NO3/c1-17-4-6-18(7-5-17)25(31)28-24(30)11-10-23-21-9-8-19-16-20(29)12-14-26(19,2)22(21)13-15-27(23,28)3/h4-8,20-23,29H,9-16H2,1-3H3/t20-,21+,22-,23-,26-,27-/m0/s1. The van der Waals surface area contributed by atoms with Gasteiger partial charge in [-0.2, -0.15) is 0 Å². The van der Waals surface area contributed by atoms with E-state index < -0.39 is 5.54 Å². The van der Waals surface area contributed by atoms with Crippen molar-refractivity contribution in [2.24, 2.45) is 23.2 Å². The van der Waals surface area contributed by atoms with Gasteiger partial charge in [0.15, 0.2) is 0 Å². The maximum absolute atomic E-state index is 13.5. The highest BCUT2D eigenvalue weighted by Crippen LogP contribution is 2.61. The van der Waals surface area contributed by atoms with Gasteiger partial charge in [-0.25, -0.2) is 0 Å². The van der Waals surface area contributed by atoms with Crippen molar-refractivity contribution < 1.29 is 14.7 Å². The highest BCUT2D eigenvalue weighted by Gasteiger charge is 2.59. The van der Waals surface area contributed by atoms with E-state index in [4.69, 9.17) is 0 Å². The molecule has 1 aromatic carbocycles. The summed E-state index contributed by atoms with van der Waals surface area (Å²) in [4.78, 5) is 28.3. The molecule has 3 fully saturated rings. The lowest BCUT2D eigenvalue weighted by molar-refractivity contribution is -0.150. The second-order valence-corrected chi connectivity index (χ2v) is 11.0. The summed E-state index contributed by atoms with van der Waals surface area (Å²) in [7, 11) is 0. The summed E-state index contributed by atoms with van der Waals surface area (Å²) < 4.78 is 0. The molecule has 3 aliphatic carbocycles. The minimum Gasteiger partial charge on any atom is -0.393 e. The fourth-order valence-electron chi connectivity index (χ4n) is 7.59. The minimum atomic E-state index is -0.408. The predicted molar refractivity (Wildman–Crippen MR) is 120 cm³/mol. The van der Waals surface area contributed by atoms with Crippen LogP contribution in [0.15, 0.2) is 35.9 Å². The first-order valence-corrected chi connectivity index (χ1v) is 12.1. The predicted octanol–water partition coefficient (Wildman–Crippen LogP) is 5.04. The van der Waals surface area contributed by atoms with Gasteiger partial charge in [-0.3, -0.25) is 14.5 Å². The molecular weight excluding hydrogens is 386 g/mol. The van der Waals surface area contributed by atoms with Crippen LogP contribution >= 0.6 is 0 Å². The van der Waals surface area contributed by atoms with Gasteiger partial charge in [0, 0.05) is 12.0 Å². The Hall–Kier alpha value is -1.94. The third-order valence-electron chi connectivity index (χ3n) is 9.37. The number of carbonyl (C=O) groups excluding carboxylic acids is 2. The molecule has 0 bridgehead atoms. The molecule has 5 rings (SSSR count). The third-order valence-corrected chi connectivity index (χ3v) is 9.37. The summed E-state index contributed by atoms with van der Waals surface area (Å²) in [6.07, 6.45) is 9.26. The summed E-state index contributed by atoms with van der Waals surface area (Å²) >= 11 is 0. The van der Waals surface area contributed by atoms with Gasteiger partial charge in [0.05, 0.1) is 11.6 Å². The van der Waals surface area contributed by atoms with E-state index in [1.54, 1.807) is 4.90 Å². The molecule has 0 radical (unpaired) electrons. The van der Waals surface area contributed by atoms with Gasteiger partial charge in [0.2, 0.25) is 5.91 Å². The van der Waals surface area contributed by atoms with Gasteiger partial charge in [-0.15, -0.1) is 0 Å². The molecule has 0 aromatic heterocycles. The van der Waals surface area contributed by atoms with E-state index in [2.05, 4.69) is 19.9 Å². The summed E-state index contributed by atoms with van der Waals surface area (Å²) in [5.41, 5.74) is 2.93. The number of piperidine rings is 1. The molecule has 6 atom stereocenters. The van der Waals surface area contributed by atoms with Crippen LogP contribution in [-0.4, -0.2) is 33.5 Å². The first kappa shape index (κ1) is 20.9. The summed E-state index contributed by atoms with van der Waals surface area (Å²) in [5, 5.41) is 10.2. The first-order valence-electron chi connectivity index (χ1n) is 12.1. The van der Waals surface area contributed by atoms with Crippen LogP contribution in [0.25, 0.3) is 0 Å². The molecule has 31 heavy (non-hydrogen) atoms. The lowest BCUT2D eigenvalue weighted by Crippen LogP contribution is -2.65. The number of hydrogen-bond acceptors (Lipinski definition) is 3. The molecule has 2 amide bonds. The smallest absolute Gasteiger partial charge is 0.260 e. The number of nitrogens with zero attached hydrogens (tertiary/aromatic N) is 1. The van der Waals surface area contributed by atoms with E-state index in [-0.39, 0.29) is 23.3 Å². The van der Waals surface area contributed by atoms with Crippen molar-refractivity contribution in [3.05, 3.63) is 47.0 Å². The number of amides is 2. The number of imide groups is 1. The number of fused-ring (bicyclic) bond motifs is 5. The second kappa shape index (κ2) is 7.30. The van der Waals surface area contributed by atoms with Crippen LogP contribution in [0.3, 0.4) is 0 Å². The topological polar surface area (TPSA) is 57.6 Å². The Kier molecular flexibility index (Phi) is 4.93. The van der Waals surface area contributed by atoms with Gasteiger partial charge < -0.3 is 5.11 Å². The zero-order chi connectivity index (χ0) is 22.0. The molecule has 2 saturated carbocycles. The number of aliphatic hydroxyl groups excluding tert-OH is 1. The average molecular weight is 422 g/mol. The molecule has 4 aliphatic rings. The van der Waals surface area contributed by atoms with Crippen molar-refractivity contribution in [1.82, 2.24) is 4.90 Å². The SMILES string of the molecule is Cc1ccc(C(=O)N2C(=O)CC[C@H]3[C@@H]4CC=C5C[C@@H](O)CC[C@]5(C)[C@H]4CC[C@@]32C)cc1. The van der Waals surface area contributed by atoms with E-state index in [9.17, 15) is 14.7 Å². The number of likely N-dealkylation sites (tertiary alicyclic amines) is 1. The molecule has 166 valence electrons. The van der Waals surface area contributed by atoms with Gasteiger partial charge >= 0.3 is 0 Å². The fourth-order valence-corrected chi connectivity index (χ4v) is 7.59. The second-order valence-electron chi connectivity index (χ2n) is 11.0. The monoisotopic (exact) mass is 421 g/mol. The maximum Gasteiger partial charge on any atom is 0.260 e. The van der Waals surface area contributed by atoms with Crippen molar-refractivity contribution >= 4 is 11.8 Å². The molecule has 4 nitrogen and oxygen atoms in total. The Balaban J connectivity index is 1.48. The lowest BCUT2D eigenvalue weighted by Gasteiger charge is -2.61. The summed E-state index contributed by atoms with van der Waals surface area (Å²) in [6, 6.07) is 7.61. The zero-order valence-corrected chi connectivity index (χ0v) is 19.1. The van der Waals surface area contributed by atoms with E-state index in [1.807, 2.05) is 31.2 Å². The highest BCUT2D eigenvalue weighted by molar-refractivity contribution is 6.05. The number of hydrogen-bond donors (Lipinski definition) is 1. The Morgan fingerprint density at radius 2 is 1.81 bits per heavy atom. The Labute approximate surface area is 185 Å². The van der Waals surface area contributed by atoms with E-state index in [0.29, 0.717) is 29.7 Å². The van der Waals surface area contributed by atoms with Crippen molar-refractivity contribution in [2.75, 3.05) is 0 Å². The van der Waals surface area contributed by atoms with Crippen LogP contribution in [0.5, 0.6) is 0 Å². The normalized spacial score (nSPS) is 39.8. The van der Waals surface area contributed by atoms with Crippen LogP contribution in [0.1, 0.15) is 81.1 Å². The molecule has 0 spiro atoms. The lowest BCUT2D eigenvalue weighted by atomic mass is 9.48. The number of rotatable bonds is 1. The molecule has 1 aliphatic heterocycles. The third kappa shape index (κ3) is 3.13. The van der Waals surface area contributed by atoms with Crippen LogP contribution in [0, 0.1) is 30.1 Å². The Morgan fingerprint density at radius 1 is 1.06 bits per heavy atom. The van der Waals surface area contributed by atoms with E-state index in [0.717, 1.165) is 50.5 Å². The molecule has 1 heterocycles. The Morgan fingerprint density at radius 3 is 2.55 bits per heavy atom. The number of benzene rings is 1. The summed E-state index contributed by atoms with van der Waals surface area (Å²) in [6.45, 7) is 6.59. The molecule has 1 saturated heterocycles. The fraction of sp³-hybridized carbons (Fsp3) is 0.630. The van der Waals surface area contributed by atoms with Crippen LogP contribution in [0.2, 0.25) is 0 Å². The van der Waals surface area contributed by atoms with Crippen molar-refractivity contribution in [1.29, 1.82) is 0 Å². The van der Waals surface area contributed by atoms with Crippen LogP contribution in [0.4, 0.5) is 0 Å². The van der Waals surface area contributed by atoms with Gasteiger partial charge in [0.1, 0.15) is 0 Å². The van der Waals surface area contributed by atoms with Crippen LogP contribution in [-0.2, 0) is 4.79 Å². The van der Waals surface area contributed by atoms with E-state index in [1.165, 1.54) is 5.57 Å². The molecule has 1 N–H and O–H groups in total. The molecular formula is C27H35NO3. The van der Waals surface area contributed by atoms with Crippen molar-refractivity contribution in [3.8, 4) is 0 Å². The molecule has 0 unspecified atom stereocenters. The molecule has 1 aromatic rings. The van der Waals surface area contributed by atoms with Crippen molar-refractivity contribution in [2.45, 2.75) is 83.8 Å². The number of allylic oxidation sites excluding steroid dienone is 1. The maximum atomic E-state index is 13.5. The van der Waals surface area contributed by atoms with E-state index >= 15 is 0 Å². The largest absolute Gasteiger partial charge is 0.393 e. The average Bonchev–Trinajstić information content (AvgIpc) is 2.73. The Bertz CT molecular complexity index is 934. The first-order chi connectivity index (χ1) is 14.7. The highest BCUT2D eigenvalue weighted by atomic mass is 16.3. The quantitative estimate of drug-likeness (QED) is 0.510. The molecule has 4 heteroatoms. The van der Waals surface area contributed by atoms with Gasteiger partial charge in [-0.05, 0) is 94.1 Å². The number of aryl methyl sites for hydroxylation is 1. The van der Waals surface area contributed by atoms with Gasteiger partial charge in [0.25, 0.3) is 5.91 Å². The number of carbonyl (C=O) groups is 2. The van der Waals surface area contributed by atoms with Crippen LogP contribution < -0.4 is 0 Å². The van der Waals surface area contributed by atoms with Crippen molar-refractivity contribution in [3.63, 3.8) is 0 Å². The zero-order valence-electron chi connectivity index (χ0n) is 19.1. The minimum absolute atomic E-state index is 0.0122. The number of aliphatic hydroxyl groups is 1.